The number of fused-ring (bicyclic) bond motifs is 1. The normalized spacial score (nSPS) is 21.4. The number of nitriles is 2. The number of ether oxygens (including phenoxy) is 2. The second-order valence-electron chi connectivity index (χ2n) is 15.2. The number of nitrogen functional groups attached to an aromatic ring is 1. The van der Waals surface area contributed by atoms with Gasteiger partial charge in [-0.3, -0.25) is 9.05 Å². The van der Waals surface area contributed by atoms with Crippen LogP contribution in [-0.2, 0) is 29.7 Å². The molecule has 2 aromatic heterocycles. The molecule has 3 heterocycles. The molecule has 15 nitrogen and oxygen atoms in total. The van der Waals surface area contributed by atoms with Crippen LogP contribution in [0.1, 0.15) is 133 Å². The summed E-state index contributed by atoms with van der Waals surface area (Å²) in [6.45, 7) is 0.948. The maximum atomic E-state index is 14.2. The zero-order valence-electron chi connectivity index (χ0n) is 33.5. The number of benzene rings is 1. The molecule has 1 aliphatic rings. The molecular weight excluding hydrogens is 770 g/mol. The van der Waals surface area contributed by atoms with Crippen LogP contribution < -0.4 is 5.73 Å². The van der Waals surface area contributed by atoms with Crippen LogP contribution in [0.25, 0.3) is 5.52 Å². The number of nitrogens with zero attached hydrogens (tertiary/aromatic N) is 5. The van der Waals surface area contributed by atoms with Crippen molar-refractivity contribution >= 4 is 19.2 Å². The summed E-state index contributed by atoms with van der Waals surface area (Å²) in [6.07, 6.45) is 12.2. The molecule has 6 N–H and O–H groups in total. The van der Waals surface area contributed by atoms with Gasteiger partial charge in [0.15, 0.2) is 5.82 Å². The van der Waals surface area contributed by atoms with Crippen LogP contribution >= 0.6 is 7.82 Å². The van der Waals surface area contributed by atoms with E-state index in [1.807, 2.05) is 6.07 Å². The van der Waals surface area contributed by atoms with Crippen molar-refractivity contribution in [2.75, 3.05) is 25.6 Å². The first-order valence-electron chi connectivity index (χ1n) is 20.5. The number of unbranched alkanes of at least 4 members (excludes halogenated alkanes) is 10. The van der Waals surface area contributed by atoms with Gasteiger partial charge in [0.25, 0.3) is 0 Å². The smallest absolute Gasteiger partial charge is 0.396 e. The lowest BCUT2D eigenvalue weighted by molar-refractivity contribution is -0.0764. The summed E-state index contributed by atoms with van der Waals surface area (Å²) in [5.74, 6) is -0.0859. The van der Waals surface area contributed by atoms with Gasteiger partial charge in [-0.2, -0.15) is 15.6 Å². The molecule has 1 fully saturated rings. The second kappa shape index (κ2) is 23.9. The van der Waals surface area contributed by atoms with E-state index in [1.54, 1.807) is 12.1 Å². The standard InChI is InChI=1S/C41H60FN6O9P/c1-2-3-4-5-6-7-8-11-14-30(15-12-9-10-13-20-49)16-17-34(54-25-32-21-31(24-43)22-33(42)23-32)26-55-58(52,53)56-28-41(27-44)39(51)37(50)38(57-41)35-18-19-36-40(45)46-29-47-48(35)36/h18-19,21-23,29-30,34,37-39,49-51H,2-17,20,25-26,28H2,1H3,(H,52,53)(H2,45,46,47)/t30?,34-,37+,38+,39+,41-/m1/s1. The lowest BCUT2D eigenvalue weighted by atomic mass is 9.89. The predicted octanol–water partition coefficient (Wildman–Crippen LogP) is 6.97. The van der Waals surface area contributed by atoms with Gasteiger partial charge in [-0.1, -0.05) is 90.4 Å². The van der Waals surface area contributed by atoms with E-state index in [1.165, 1.54) is 67.6 Å². The Labute approximate surface area is 340 Å². The van der Waals surface area contributed by atoms with E-state index in [4.69, 9.17) is 24.3 Å². The van der Waals surface area contributed by atoms with Gasteiger partial charge in [0.2, 0.25) is 5.60 Å². The quantitative estimate of drug-likeness (QED) is 0.0367. The third-order valence-corrected chi connectivity index (χ3v) is 11.7. The van der Waals surface area contributed by atoms with Crippen LogP contribution in [0.15, 0.2) is 36.7 Å². The average molecular weight is 831 g/mol. The molecule has 58 heavy (non-hydrogen) atoms. The highest BCUT2D eigenvalue weighted by molar-refractivity contribution is 7.47. The molecule has 1 aliphatic heterocycles. The SMILES string of the molecule is CCCCCCCCCCC(CCCCCCO)CC[C@H](COP(=O)(O)OC[C@@]1(C#N)O[C@@H](c2ccc3c(N)ncnn23)[C@H](O)[C@@H]1O)OCc1cc(F)cc(C#N)c1. The lowest BCUT2D eigenvalue weighted by Crippen LogP contribution is -2.45. The Balaban J connectivity index is 1.41. The van der Waals surface area contributed by atoms with E-state index >= 15 is 0 Å². The molecule has 7 atom stereocenters. The van der Waals surface area contributed by atoms with Crippen molar-refractivity contribution in [3.8, 4) is 12.1 Å². The monoisotopic (exact) mass is 830 g/mol. The van der Waals surface area contributed by atoms with Crippen LogP contribution in [0, 0.1) is 34.4 Å². The molecule has 0 saturated carbocycles. The van der Waals surface area contributed by atoms with Gasteiger partial charge in [0, 0.05) is 6.61 Å². The number of phosphoric acid groups is 1. The van der Waals surface area contributed by atoms with Gasteiger partial charge < -0.3 is 35.4 Å². The third-order valence-electron chi connectivity index (χ3n) is 10.8. The molecule has 4 rings (SSSR count). The van der Waals surface area contributed by atoms with E-state index in [0.29, 0.717) is 23.4 Å². The second-order valence-corrected chi connectivity index (χ2v) is 16.7. The zero-order chi connectivity index (χ0) is 42.0. The Morgan fingerprint density at radius 2 is 1.67 bits per heavy atom. The molecule has 2 unspecified atom stereocenters. The topological polar surface area (TPSA) is 239 Å². The number of hydrogen-bond donors (Lipinski definition) is 5. The summed E-state index contributed by atoms with van der Waals surface area (Å²) in [7, 11) is -4.92. The van der Waals surface area contributed by atoms with Crippen molar-refractivity contribution in [3.63, 3.8) is 0 Å². The first kappa shape index (κ1) is 47.1. The van der Waals surface area contributed by atoms with Gasteiger partial charge in [0.05, 0.1) is 36.6 Å². The van der Waals surface area contributed by atoms with Crippen molar-refractivity contribution in [1.29, 1.82) is 10.5 Å². The van der Waals surface area contributed by atoms with Crippen LogP contribution in [0.3, 0.4) is 0 Å². The number of phosphoric ester groups is 1. The molecule has 0 spiro atoms. The van der Waals surface area contributed by atoms with Gasteiger partial charge in [-0.25, -0.2) is 18.5 Å². The fourth-order valence-electron chi connectivity index (χ4n) is 7.41. The van der Waals surface area contributed by atoms with Crippen molar-refractivity contribution in [2.24, 2.45) is 5.92 Å². The molecule has 0 bridgehead atoms. The predicted molar refractivity (Wildman–Crippen MR) is 213 cm³/mol. The molecule has 0 aliphatic carbocycles. The van der Waals surface area contributed by atoms with E-state index < -0.39 is 56.9 Å². The van der Waals surface area contributed by atoms with E-state index in [2.05, 4.69) is 17.0 Å². The lowest BCUT2D eigenvalue weighted by Gasteiger charge is -2.26. The first-order valence-corrected chi connectivity index (χ1v) is 22.0. The van der Waals surface area contributed by atoms with Crippen molar-refractivity contribution < 1.29 is 47.7 Å². The van der Waals surface area contributed by atoms with E-state index in [0.717, 1.165) is 63.9 Å². The average Bonchev–Trinajstić information content (AvgIpc) is 3.75. The fraction of sp³-hybridized carbons (Fsp3) is 0.659. The maximum Gasteiger partial charge on any atom is 0.472 e. The molecule has 3 aromatic rings. The number of rotatable bonds is 28. The number of halogens is 1. The van der Waals surface area contributed by atoms with Crippen LogP contribution in [0.4, 0.5) is 10.2 Å². The van der Waals surface area contributed by atoms with Crippen LogP contribution in [-0.4, -0.2) is 78.5 Å². The molecule has 1 saturated heterocycles. The molecule has 1 aromatic carbocycles. The Morgan fingerprint density at radius 1 is 0.983 bits per heavy atom. The highest BCUT2D eigenvalue weighted by Gasteiger charge is 2.57. The highest BCUT2D eigenvalue weighted by atomic mass is 31.2. The highest BCUT2D eigenvalue weighted by Crippen LogP contribution is 2.48. The Bertz CT molecular complexity index is 1840. The summed E-state index contributed by atoms with van der Waals surface area (Å²) < 4.78 is 51.5. The van der Waals surface area contributed by atoms with Crippen molar-refractivity contribution in [1.82, 2.24) is 14.6 Å². The Kier molecular flexibility index (Phi) is 19.4. The largest absolute Gasteiger partial charge is 0.472 e. The van der Waals surface area contributed by atoms with Crippen LogP contribution in [0.5, 0.6) is 0 Å². The number of aromatic nitrogens is 3. The third kappa shape index (κ3) is 14.0. The Hall–Kier alpha value is -3.54. The minimum Gasteiger partial charge on any atom is -0.396 e. The molecule has 0 amide bonds. The summed E-state index contributed by atoms with van der Waals surface area (Å²) >= 11 is 0. The summed E-state index contributed by atoms with van der Waals surface area (Å²) in [4.78, 5) is 14.7. The number of aliphatic hydroxyl groups is 3. The minimum absolute atomic E-state index is 0.0945. The number of nitrogens with two attached hydrogens (primary N) is 1. The van der Waals surface area contributed by atoms with Crippen molar-refractivity contribution in [2.45, 2.75) is 146 Å². The number of hydrogen-bond acceptors (Lipinski definition) is 13. The number of anilines is 1. The summed E-state index contributed by atoms with van der Waals surface area (Å²) in [6, 6.07) is 10.7. The van der Waals surface area contributed by atoms with E-state index in [-0.39, 0.29) is 30.3 Å². The van der Waals surface area contributed by atoms with Crippen molar-refractivity contribution in [3.05, 3.63) is 59.3 Å². The molecule has 0 radical (unpaired) electrons. The summed E-state index contributed by atoms with van der Waals surface area (Å²) in [5.41, 5.74) is 4.85. The molecule has 320 valence electrons. The zero-order valence-corrected chi connectivity index (χ0v) is 34.4. The van der Waals surface area contributed by atoms with Gasteiger partial charge in [-0.15, -0.1) is 0 Å². The van der Waals surface area contributed by atoms with Gasteiger partial charge in [0.1, 0.15) is 48.6 Å². The molecular formula is C41H60FN6O9P. The maximum absolute atomic E-state index is 14.2. The summed E-state index contributed by atoms with van der Waals surface area (Å²) in [5, 5.41) is 54.7. The first-order chi connectivity index (χ1) is 28.0. The van der Waals surface area contributed by atoms with E-state index in [9.17, 15) is 39.7 Å². The molecule has 17 heteroatoms. The van der Waals surface area contributed by atoms with Gasteiger partial charge >= 0.3 is 7.82 Å². The minimum atomic E-state index is -4.92. The van der Waals surface area contributed by atoms with Gasteiger partial charge in [-0.05, 0) is 61.1 Å². The number of aliphatic hydroxyl groups excluding tert-OH is 3. The fourth-order valence-corrected chi connectivity index (χ4v) is 8.20. The van der Waals surface area contributed by atoms with Crippen LogP contribution in [0.2, 0.25) is 0 Å². The Morgan fingerprint density at radius 3 is 2.34 bits per heavy atom.